The molecule has 0 aliphatic carbocycles. The highest BCUT2D eigenvalue weighted by Gasteiger charge is 2.28. The minimum absolute atomic E-state index is 0. The highest BCUT2D eigenvalue weighted by molar-refractivity contribution is 5.96. The van der Waals surface area contributed by atoms with E-state index in [1.54, 1.807) is 21.9 Å². The average Bonchev–Trinajstić information content (AvgIpc) is 2.67. The minimum Gasteiger partial charge on any atom is -0.362 e. The number of hydrogen-bond acceptors (Lipinski definition) is 6. The van der Waals surface area contributed by atoms with Gasteiger partial charge < -0.3 is 20.0 Å². The van der Waals surface area contributed by atoms with Crippen LogP contribution in [0.4, 0.5) is 11.4 Å². The maximum absolute atomic E-state index is 12.8. The fourth-order valence-corrected chi connectivity index (χ4v) is 3.64. The summed E-state index contributed by atoms with van der Waals surface area (Å²) < 4.78 is 0. The topological polar surface area (TPSA) is 99.0 Å². The number of nitro benzene ring substituents is 1. The second-order valence-electron chi connectivity index (χ2n) is 7.01. The molecule has 2 fully saturated rings. The number of nitrogens with zero attached hydrogens (tertiary/aromatic N) is 4. The Hall–Kier alpha value is -2.39. The Kier molecular flexibility index (Phi) is 7.20. The van der Waals surface area contributed by atoms with Gasteiger partial charge in [-0.25, -0.2) is 0 Å². The monoisotopic (exact) mass is 411 g/mol. The minimum atomic E-state index is -0.440. The quantitative estimate of drug-likeness (QED) is 0.591. The number of hydrogen-bond donors (Lipinski definition) is 1. The third kappa shape index (κ3) is 4.53. The lowest BCUT2D eigenvalue weighted by atomic mass is 10.1. The predicted molar refractivity (Wildman–Crippen MR) is 108 cm³/mol. The first-order chi connectivity index (χ1) is 12.9. The molecule has 3 rings (SSSR count). The molecule has 2 aliphatic heterocycles. The lowest BCUT2D eigenvalue weighted by Gasteiger charge is -2.35. The van der Waals surface area contributed by atoms with E-state index in [-0.39, 0.29) is 36.0 Å². The second-order valence-corrected chi connectivity index (χ2v) is 7.01. The van der Waals surface area contributed by atoms with Gasteiger partial charge in [0.1, 0.15) is 5.69 Å². The number of rotatable bonds is 3. The summed E-state index contributed by atoms with van der Waals surface area (Å²) in [7, 11) is 0. The first kappa shape index (κ1) is 21.9. The molecule has 0 aromatic heterocycles. The lowest BCUT2D eigenvalue weighted by molar-refractivity contribution is -0.384. The summed E-state index contributed by atoms with van der Waals surface area (Å²) in [5.74, 6) is -0.171. The molecule has 10 heteroatoms. The van der Waals surface area contributed by atoms with E-state index in [2.05, 4.69) is 5.32 Å². The number of amides is 2. The van der Waals surface area contributed by atoms with Gasteiger partial charge in [-0.3, -0.25) is 19.7 Å². The van der Waals surface area contributed by atoms with Crippen molar-refractivity contribution in [3.8, 4) is 0 Å². The predicted octanol–water partition coefficient (Wildman–Crippen LogP) is 1.12. The van der Waals surface area contributed by atoms with Crippen molar-refractivity contribution in [3.63, 3.8) is 0 Å². The van der Waals surface area contributed by atoms with Gasteiger partial charge in [-0.1, -0.05) is 0 Å². The lowest BCUT2D eigenvalue weighted by Crippen LogP contribution is -2.52. The van der Waals surface area contributed by atoms with Gasteiger partial charge in [0.15, 0.2) is 0 Å². The maximum atomic E-state index is 12.8. The molecule has 0 radical (unpaired) electrons. The van der Waals surface area contributed by atoms with Crippen molar-refractivity contribution < 1.29 is 14.5 Å². The smallest absolute Gasteiger partial charge is 0.293 e. The SMILES string of the molecule is CC(=O)N1CCN(c2ccc(C(=O)N3CCNCC3C)cc2[N+](=O)[O-])CC1.Cl. The van der Waals surface area contributed by atoms with Crippen molar-refractivity contribution in [3.05, 3.63) is 33.9 Å². The molecular weight excluding hydrogens is 386 g/mol. The molecular formula is C18H26ClN5O4. The maximum Gasteiger partial charge on any atom is 0.293 e. The van der Waals surface area contributed by atoms with Gasteiger partial charge in [0, 0.05) is 70.4 Å². The summed E-state index contributed by atoms with van der Waals surface area (Å²) >= 11 is 0. The Morgan fingerprint density at radius 3 is 2.43 bits per heavy atom. The summed E-state index contributed by atoms with van der Waals surface area (Å²) in [6.07, 6.45) is 0. The largest absolute Gasteiger partial charge is 0.362 e. The van der Waals surface area contributed by atoms with Crippen LogP contribution in [0.2, 0.25) is 0 Å². The molecule has 1 aromatic carbocycles. The van der Waals surface area contributed by atoms with Crippen LogP contribution in [0.25, 0.3) is 0 Å². The van der Waals surface area contributed by atoms with Crippen molar-refractivity contribution in [1.29, 1.82) is 0 Å². The fraction of sp³-hybridized carbons (Fsp3) is 0.556. The molecule has 2 amide bonds. The normalized spacial score (nSPS) is 19.8. The van der Waals surface area contributed by atoms with Crippen LogP contribution in [0.3, 0.4) is 0 Å². The molecule has 2 heterocycles. The molecule has 0 bridgehead atoms. The Morgan fingerprint density at radius 1 is 1.18 bits per heavy atom. The molecule has 0 saturated carbocycles. The van der Waals surface area contributed by atoms with Crippen molar-refractivity contribution in [2.24, 2.45) is 0 Å². The fourth-order valence-electron chi connectivity index (χ4n) is 3.64. The molecule has 0 spiro atoms. The van der Waals surface area contributed by atoms with Crippen molar-refractivity contribution >= 4 is 35.6 Å². The zero-order valence-electron chi connectivity index (χ0n) is 16.1. The molecule has 1 unspecified atom stereocenters. The van der Waals surface area contributed by atoms with Crippen LogP contribution in [0.1, 0.15) is 24.2 Å². The number of anilines is 1. The Bertz CT molecular complexity index is 751. The van der Waals surface area contributed by atoms with E-state index in [9.17, 15) is 19.7 Å². The van der Waals surface area contributed by atoms with Crippen LogP contribution < -0.4 is 10.2 Å². The van der Waals surface area contributed by atoms with Gasteiger partial charge in [0.25, 0.3) is 11.6 Å². The van der Waals surface area contributed by atoms with E-state index in [1.165, 1.54) is 13.0 Å². The van der Waals surface area contributed by atoms with Crippen LogP contribution in [0.15, 0.2) is 18.2 Å². The number of nitrogens with one attached hydrogen (secondary N) is 1. The van der Waals surface area contributed by atoms with Crippen LogP contribution in [-0.2, 0) is 4.79 Å². The Morgan fingerprint density at radius 2 is 1.86 bits per heavy atom. The van der Waals surface area contributed by atoms with Gasteiger partial charge in [-0.2, -0.15) is 0 Å². The standard InChI is InChI=1S/C18H25N5O4.ClH/c1-13-12-19-5-6-22(13)18(25)15-3-4-16(17(11-15)23(26)27)21-9-7-20(8-10-21)14(2)24;/h3-4,11,13,19H,5-10,12H2,1-2H3;1H. The number of halogens is 1. The van der Waals surface area contributed by atoms with Crippen LogP contribution in [-0.4, -0.2) is 78.4 Å². The molecule has 154 valence electrons. The number of piperazine rings is 2. The van der Waals surface area contributed by atoms with Crippen molar-refractivity contribution in [1.82, 2.24) is 15.1 Å². The molecule has 2 aliphatic rings. The van der Waals surface area contributed by atoms with Gasteiger partial charge in [-0.05, 0) is 19.1 Å². The zero-order chi connectivity index (χ0) is 19.6. The summed E-state index contributed by atoms with van der Waals surface area (Å²) in [5, 5.41) is 14.9. The third-order valence-corrected chi connectivity index (χ3v) is 5.25. The van der Waals surface area contributed by atoms with E-state index < -0.39 is 4.92 Å². The zero-order valence-corrected chi connectivity index (χ0v) is 16.9. The Balaban J connectivity index is 0.00000280. The van der Waals surface area contributed by atoms with Gasteiger partial charge in [-0.15, -0.1) is 12.4 Å². The number of carbonyl (C=O) groups is 2. The van der Waals surface area contributed by atoms with Crippen molar-refractivity contribution in [2.75, 3.05) is 50.7 Å². The first-order valence-electron chi connectivity index (χ1n) is 9.19. The molecule has 1 aromatic rings. The Labute approximate surface area is 170 Å². The number of nitro groups is 1. The van der Waals surface area contributed by atoms with Crippen LogP contribution in [0, 0.1) is 10.1 Å². The molecule has 1 N–H and O–H groups in total. The molecule has 9 nitrogen and oxygen atoms in total. The highest BCUT2D eigenvalue weighted by Crippen LogP contribution is 2.30. The average molecular weight is 412 g/mol. The highest BCUT2D eigenvalue weighted by atomic mass is 35.5. The molecule has 28 heavy (non-hydrogen) atoms. The molecule has 2 saturated heterocycles. The summed E-state index contributed by atoms with van der Waals surface area (Å²) in [6, 6.07) is 4.74. The van der Waals surface area contributed by atoms with Gasteiger partial charge in [0.2, 0.25) is 5.91 Å². The van der Waals surface area contributed by atoms with Crippen LogP contribution >= 0.6 is 12.4 Å². The summed E-state index contributed by atoms with van der Waals surface area (Å²) in [6.45, 7) is 7.63. The van der Waals surface area contributed by atoms with E-state index in [1.807, 2.05) is 11.8 Å². The first-order valence-corrected chi connectivity index (χ1v) is 9.19. The molecule has 1 atom stereocenters. The summed E-state index contributed by atoms with van der Waals surface area (Å²) in [4.78, 5) is 40.8. The van der Waals surface area contributed by atoms with E-state index in [0.717, 1.165) is 6.54 Å². The van der Waals surface area contributed by atoms with Gasteiger partial charge >= 0.3 is 0 Å². The number of benzene rings is 1. The van der Waals surface area contributed by atoms with E-state index in [4.69, 9.17) is 0 Å². The van der Waals surface area contributed by atoms with Crippen LogP contribution in [0.5, 0.6) is 0 Å². The second kappa shape index (κ2) is 9.20. The van der Waals surface area contributed by atoms with Gasteiger partial charge in [0.05, 0.1) is 4.92 Å². The number of carbonyl (C=O) groups excluding carboxylic acids is 2. The van der Waals surface area contributed by atoms with E-state index >= 15 is 0 Å². The summed E-state index contributed by atoms with van der Waals surface area (Å²) in [5.41, 5.74) is 0.759. The van der Waals surface area contributed by atoms with E-state index in [0.29, 0.717) is 50.5 Å². The third-order valence-electron chi connectivity index (χ3n) is 5.25. The van der Waals surface area contributed by atoms with Crippen molar-refractivity contribution in [2.45, 2.75) is 19.9 Å².